The molecule has 2 aromatic carbocycles. The second-order valence-corrected chi connectivity index (χ2v) is 9.43. The summed E-state index contributed by atoms with van der Waals surface area (Å²) < 4.78 is 20.1. The topological polar surface area (TPSA) is 143 Å². The minimum atomic E-state index is -1.07. The zero-order chi connectivity index (χ0) is 29.9. The van der Waals surface area contributed by atoms with Gasteiger partial charge >= 0.3 is 0 Å². The van der Waals surface area contributed by atoms with Gasteiger partial charge in [-0.2, -0.15) is 0 Å². The van der Waals surface area contributed by atoms with E-state index in [1.54, 1.807) is 30.4 Å². The van der Waals surface area contributed by atoms with Gasteiger partial charge < -0.3 is 31.1 Å². The number of hydrogen-bond donors (Lipinski definition) is 4. The first-order valence-electron chi connectivity index (χ1n) is 12.7. The Morgan fingerprint density at radius 3 is 2.51 bits per heavy atom. The Morgan fingerprint density at radius 2 is 1.85 bits per heavy atom. The predicted octanol–water partition coefficient (Wildman–Crippen LogP) is 3.63. The Morgan fingerprint density at radius 1 is 1.15 bits per heavy atom. The molecule has 0 spiro atoms. The summed E-state index contributed by atoms with van der Waals surface area (Å²) in [5.41, 5.74) is 6.70. The molecule has 0 radical (unpaired) electrons. The maximum Gasteiger partial charge on any atom is 0.276 e. The van der Waals surface area contributed by atoms with E-state index in [0.717, 1.165) is 25.7 Å². The van der Waals surface area contributed by atoms with E-state index in [0.29, 0.717) is 17.8 Å². The molecule has 1 heterocycles. The number of carbonyl (C=O) groups excluding carboxylic acids is 2. The minimum absolute atomic E-state index is 0.0667. The van der Waals surface area contributed by atoms with E-state index in [4.69, 9.17) is 38.8 Å². The number of halogens is 3. The number of likely N-dealkylation sites (N-methyl/N-ethyl adjacent to an activating group) is 1. The molecule has 5 N–H and O–H groups in total. The summed E-state index contributed by atoms with van der Waals surface area (Å²) in [6.07, 6.45) is 1.75. The molecule has 0 unspecified atom stereocenters. The lowest BCUT2D eigenvalue weighted by Crippen LogP contribution is -2.34. The first kappa shape index (κ1) is 31.5. The number of carbonyl (C=O) groups is 2. The van der Waals surface area contributed by atoms with Crippen LogP contribution in [0.1, 0.15) is 46.3 Å². The van der Waals surface area contributed by atoms with Crippen LogP contribution in [-0.2, 0) is 0 Å². The molecule has 0 aliphatic carbocycles. The number of amides is 2. The van der Waals surface area contributed by atoms with Gasteiger partial charge in [-0.05, 0) is 49.5 Å². The van der Waals surface area contributed by atoms with Gasteiger partial charge in [-0.15, -0.1) is 16.0 Å². The van der Waals surface area contributed by atoms with Crippen LogP contribution in [0, 0.1) is 17.7 Å². The molecule has 14 heteroatoms. The maximum absolute atomic E-state index is 14.2. The van der Waals surface area contributed by atoms with Crippen LogP contribution < -0.4 is 21.1 Å². The third kappa shape index (κ3) is 8.47. The SMILES string of the molecule is CCN(CC)CCNC(=O)c1ccc(NC(=O)c2cc(O[C@H](BC#CO)c3c(Cl)ccc(F)c3Cl)c(N)nn2)cc1. The largest absolute Gasteiger partial charge is 0.489 e. The maximum atomic E-state index is 14.2. The molecule has 3 aromatic rings. The highest BCUT2D eigenvalue weighted by molar-refractivity contribution is 6.49. The number of anilines is 2. The number of aliphatic hydroxyl groups excluding tert-OH is 1. The number of nitrogens with two attached hydrogens (primary N) is 1. The Labute approximate surface area is 247 Å². The molecule has 0 aliphatic rings. The second kappa shape index (κ2) is 15.1. The summed E-state index contributed by atoms with van der Waals surface area (Å²) in [4.78, 5) is 27.5. The van der Waals surface area contributed by atoms with Gasteiger partial charge in [0.1, 0.15) is 11.8 Å². The number of nitrogens with zero attached hydrogens (tertiary/aromatic N) is 3. The van der Waals surface area contributed by atoms with E-state index in [1.165, 1.54) is 12.1 Å². The average molecular weight is 601 g/mol. The lowest BCUT2D eigenvalue weighted by Gasteiger charge is -2.20. The normalized spacial score (nSPS) is 11.3. The molecule has 0 fully saturated rings. The summed E-state index contributed by atoms with van der Waals surface area (Å²) >= 11 is 12.4. The molecule has 2 amide bonds. The van der Waals surface area contributed by atoms with Crippen LogP contribution in [0.4, 0.5) is 15.9 Å². The summed E-state index contributed by atoms with van der Waals surface area (Å²) in [7, 11) is -0.141. The fourth-order valence-corrected chi connectivity index (χ4v) is 4.41. The monoisotopic (exact) mass is 600 g/mol. The average Bonchev–Trinajstić information content (AvgIpc) is 2.97. The van der Waals surface area contributed by atoms with Gasteiger partial charge in [0.2, 0.25) is 0 Å². The molecule has 41 heavy (non-hydrogen) atoms. The van der Waals surface area contributed by atoms with Crippen LogP contribution in [-0.4, -0.2) is 65.5 Å². The summed E-state index contributed by atoms with van der Waals surface area (Å²) in [5, 5.41) is 21.9. The fourth-order valence-electron chi connectivity index (χ4n) is 3.79. The van der Waals surface area contributed by atoms with E-state index < -0.39 is 17.7 Å². The third-order valence-corrected chi connectivity index (χ3v) is 6.78. The zero-order valence-corrected chi connectivity index (χ0v) is 23.9. The van der Waals surface area contributed by atoms with Crippen molar-refractivity contribution in [1.82, 2.24) is 20.4 Å². The minimum Gasteiger partial charge on any atom is -0.489 e. The number of benzene rings is 2. The van der Waals surface area contributed by atoms with E-state index in [2.05, 4.69) is 45.4 Å². The van der Waals surface area contributed by atoms with E-state index in [9.17, 15) is 14.0 Å². The molecular formula is C27H28BCl2FN6O4. The van der Waals surface area contributed by atoms with E-state index in [-0.39, 0.29) is 46.1 Å². The number of nitrogen functional groups attached to an aromatic ring is 1. The Balaban J connectivity index is 1.72. The first-order valence-corrected chi connectivity index (χ1v) is 13.4. The number of nitrogens with one attached hydrogen (secondary N) is 2. The van der Waals surface area contributed by atoms with Crippen LogP contribution in [0.3, 0.4) is 0 Å². The third-order valence-electron chi connectivity index (χ3n) is 6.07. The van der Waals surface area contributed by atoms with Crippen LogP contribution >= 0.6 is 23.2 Å². The van der Waals surface area contributed by atoms with Crippen molar-refractivity contribution >= 4 is 53.8 Å². The van der Waals surface area contributed by atoms with Gasteiger partial charge in [-0.3, -0.25) is 9.59 Å². The number of ether oxygens (including phenoxy) is 1. The van der Waals surface area contributed by atoms with Crippen LogP contribution in [0.15, 0.2) is 42.5 Å². The van der Waals surface area contributed by atoms with Gasteiger partial charge in [0.15, 0.2) is 17.3 Å². The van der Waals surface area contributed by atoms with Gasteiger partial charge in [0.25, 0.3) is 19.1 Å². The van der Waals surface area contributed by atoms with Crippen molar-refractivity contribution in [2.24, 2.45) is 0 Å². The quantitative estimate of drug-likeness (QED) is 0.140. The van der Waals surface area contributed by atoms with Crippen molar-refractivity contribution in [1.29, 1.82) is 0 Å². The molecule has 0 saturated heterocycles. The first-order chi connectivity index (χ1) is 19.7. The van der Waals surface area contributed by atoms with Crippen molar-refractivity contribution in [2.75, 3.05) is 37.2 Å². The van der Waals surface area contributed by atoms with Crippen LogP contribution in [0.25, 0.3) is 0 Å². The van der Waals surface area contributed by atoms with E-state index >= 15 is 0 Å². The second-order valence-electron chi connectivity index (χ2n) is 8.65. The molecule has 3 rings (SSSR count). The molecule has 10 nitrogen and oxygen atoms in total. The molecular weight excluding hydrogens is 573 g/mol. The van der Waals surface area contributed by atoms with Crippen LogP contribution in [0.5, 0.6) is 5.75 Å². The zero-order valence-electron chi connectivity index (χ0n) is 22.4. The summed E-state index contributed by atoms with van der Waals surface area (Å²) in [6, 6.07) is 8.91. The van der Waals surface area contributed by atoms with Gasteiger partial charge in [0, 0.05) is 41.0 Å². The Kier molecular flexibility index (Phi) is 11.6. The van der Waals surface area contributed by atoms with Crippen molar-refractivity contribution in [3.8, 4) is 17.7 Å². The standard InChI is InChI=1S/C27H28BCl2FN6O4/c1-3-37(4-2)13-12-33-26(39)16-5-7-17(8-6-16)34-27(40)20-15-21(25(32)36-35-20)41-24(28-11-14-38)22-18(29)9-10-19(31)23(22)30/h5-10,15,24,28,38H,3-4,12-13H2,1-2H3,(H2,32,36)(H,33,39)(H,34,40)/t24-/m0/s1. The van der Waals surface area contributed by atoms with Gasteiger partial charge in [-0.1, -0.05) is 37.0 Å². The van der Waals surface area contributed by atoms with Crippen molar-refractivity contribution < 1.29 is 23.8 Å². The fraction of sp³-hybridized carbons (Fsp3) is 0.259. The van der Waals surface area contributed by atoms with Crippen molar-refractivity contribution in [3.05, 3.63) is 75.1 Å². The lowest BCUT2D eigenvalue weighted by atomic mass is 9.69. The summed E-state index contributed by atoms with van der Waals surface area (Å²) in [5.74, 6) is 0.599. The smallest absolute Gasteiger partial charge is 0.276 e. The van der Waals surface area contributed by atoms with Crippen LogP contribution in [0.2, 0.25) is 10.0 Å². The molecule has 1 aromatic heterocycles. The summed E-state index contributed by atoms with van der Waals surface area (Å²) in [6.45, 7) is 7.20. The molecule has 214 valence electrons. The Hall–Kier alpha value is -4.05. The highest BCUT2D eigenvalue weighted by Crippen LogP contribution is 2.35. The lowest BCUT2D eigenvalue weighted by molar-refractivity contribution is 0.0948. The number of rotatable bonds is 12. The molecule has 0 saturated carbocycles. The molecule has 0 bridgehead atoms. The predicted molar refractivity (Wildman–Crippen MR) is 158 cm³/mol. The highest BCUT2D eigenvalue weighted by Gasteiger charge is 2.25. The van der Waals surface area contributed by atoms with E-state index in [1.807, 2.05) is 0 Å². The van der Waals surface area contributed by atoms with Crippen molar-refractivity contribution in [2.45, 2.75) is 19.9 Å². The Bertz CT molecular complexity index is 1450. The molecule has 0 aliphatic heterocycles. The number of aliphatic hydroxyl groups is 1. The highest BCUT2D eigenvalue weighted by atomic mass is 35.5. The van der Waals surface area contributed by atoms with Gasteiger partial charge in [0.05, 0.1) is 11.1 Å². The number of hydrogen-bond acceptors (Lipinski definition) is 8. The molecule has 1 atom stereocenters. The van der Waals surface area contributed by atoms with Gasteiger partial charge in [-0.25, -0.2) is 4.39 Å². The number of aromatic nitrogens is 2. The van der Waals surface area contributed by atoms with Crippen molar-refractivity contribution in [3.63, 3.8) is 0 Å².